The van der Waals surface area contributed by atoms with Crippen molar-refractivity contribution in [1.82, 2.24) is 9.55 Å². The van der Waals surface area contributed by atoms with Crippen molar-refractivity contribution in [2.75, 3.05) is 7.11 Å². The highest BCUT2D eigenvalue weighted by atomic mass is 32.2. The molecule has 0 saturated carbocycles. The van der Waals surface area contributed by atoms with Crippen molar-refractivity contribution >= 4 is 39.1 Å². The van der Waals surface area contributed by atoms with E-state index in [2.05, 4.69) is 6.92 Å². The molecule has 0 fully saturated rings. The standard InChI is InChI=1S/C22H26N2O3S2/c1-6-7-12-24-21(26)18-13(2)14(3)28-20(18)23-22(24)29-15(4)19(25)16-8-10-17(27-5)11-9-16/h8-11,15H,6-7,12H2,1-5H3. The van der Waals surface area contributed by atoms with Gasteiger partial charge < -0.3 is 4.74 Å². The highest BCUT2D eigenvalue weighted by Crippen LogP contribution is 2.30. The fourth-order valence-electron chi connectivity index (χ4n) is 3.11. The van der Waals surface area contributed by atoms with E-state index in [-0.39, 0.29) is 16.6 Å². The molecule has 154 valence electrons. The normalized spacial score (nSPS) is 12.3. The maximum absolute atomic E-state index is 13.2. The SMILES string of the molecule is CCCCn1c(SC(C)C(=O)c2ccc(OC)cc2)nc2sc(C)c(C)c2c1=O. The Bertz CT molecular complexity index is 1080. The average Bonchev–Trinajstić information content (AvgIpc) is 3.00. The summed E-state index contributed by atoms with van der Waals surface area (Å²) in [5.41, 5.74) is 1.63. The molecule has 0 bridgehead atoms. The number of aryl methyl sites for hydroxylation is 2. The Kier molecular flexibility index (Phi) is 6.80. The third-order valence-corrected chi connectivity index (χ3v) is 7.21. The number of nitrogens with zero attached hydrogens (tertiary/aromatic N) is 2. The maximum Gasteiger partial charge on any atom is 0.263 e. The minimum absolute atomic E-state index is 0.00287. The van der Waals surface area contributed by atoms with Crippen LogP contribution in [0.5, 0.6) is 5.75 Å². The molecule has 29 heavy (non-hydrogen) atoms. The van der Waals surface area contributed by atoms with E-state index in [1.165, 1.54) is 23.1 Å². The van der Waals surface area contributed by atoms with Crippen molar-refractivity contribution in [2.45, 2.75) is 57.5 Å². The van der Waals surface area contributed by atoms with Crippen molar-refractivity contribution in [3.63, 3.8) is 0 Å². The lowest BCUT2D eigenvalue weighted by Gasteiger charge is -2.15. The molecule has 1 aromatic carbocycles. The van der Waals surface area contributed by atoms with Crippen molar-refractivity contribution in [2.24, 2.45) is 0 Å². The molecule has 3 aromatic rings. The lowest BCUT2D eigenvalue weighted by Crippen LogP contribution is -2.25. The van der Waals surface area contributed by atoms with Crippen LogP contribution < -0.4 is 10.3 Å². The van der Waals surface area contributed by atoms with Gasteiger partial charge in [-0.1, -0.05) is 25.1 Å². The largest absolute Gasteiger partial charge is 0.497 e. The second-order valence-corrected chi connectivity index (χ2v) is 9.53. The monoisotopic (exact) mass is 430 g/mol. The van der Waals surface area contributed by atoms with E-state index in [4.69, 9.17) is 9.72 Å². The maximum atomic E-state index is 13.2. The minimum Gasteiger partial charge on any atom is -0.497 e. The van der Waals surface area contributed by atoms with Crippen LogP contribution in [-0.4, -0.2) is 27.7 Å². The molecule has 0 aliphatic heterocycles. The van der Waals surface area contributed by atoms with Crippen LogP contribution in [-0.2, 0) is 6.54 Å². The number of aromatic nitrogens is 2. The molecule has 3 rings (SSSR count). The summed E-state index contributed by atoms with van der Waals surface area (Å²) in [5.74, 6) is 0.721. The second-order valence-electron chi connectivity index (χ2n) is 7.02. The third-order valence-electron chi connectivity index (χ3n) is 5.02. The fourth-order valence-corrected chi connectivity index (χ4v) is 5.20. The number of thiophene rings is 1. The number of hydrogen-bond acceptors (Lipinski definition) is 6. The fraction of sp³-hybridized carbons (Fsp3) is 0.409. The molecule has 0 aliphatic rings. The number of ketones is 1. The van der Waals surface area contributed by atoms with Gasteiger partial charge in [0.2, 0.25) is 0 Å². The van der Waals surface area contributed by atoms with E-state index in [1.54, 1.807) is 35.9 Å². The zero-order chi connectivity index (χ0) is 21.1. The summed E-state index contributed by atoms with van der Waals surface area (Å²) in [6.07, 6.45) is 1.88. The van der Waals surface area contributed by atoms with Gasteiger partial charge in [0.25, 0.3) is 5.56 Å². The number of benzene rings is 1. The lowest BCUT2D eigenvalue weighted by atomic mass is 10.1. The van der Waals surface area contributed by atoms with E-state index in [1.807, 2.05) is 20.8 Å². The first-order valence-corrected chi connectivity index (χ1v) is 11.4. The van der Waals surface area contributed by atoms with Crippen LogP contribution in [0.15, 0.2) is 34.2 Å². The molecule has 0 spiro atoms. The van der Waals surface area contributed by atoms with Gasteiger partial charge in [0, 0.05) is 17.0 Å². The third kappa shape index (κ3) is 4.41. The molecule has 7 heteroatoms. The van der Waals surface area contributed by atoms with Gasteiger partial charge in [-0.2, -0.15) is 0 Å². The summed E-state index contributed by atoms with van der Waals surface area (Å²) < 4.78 is 6.90. The van der Waals surface area contributed by atoms with Gasteiger partial charge in [-0.25, -0.2) is 4.98 Å². The van der Waals surface area contributed by atoms with Gasteiger partial charge in [-0.3, -0.25) is 14.2 Å². The van der Waals surface area contributed by atoms with Crippen molar-refractivity contribution in [1.29, 1.82) is 0 Å². The van der Waals surface area contributed by atoms with Gasteiger partial charge in [-0.05, 0) is 57.0 Å². The molecule has 1 unspecified atom stereocenters. The Hall–Kier alpha value is -2.12. The van der Waals surface area contributed by atoms with Gasteiger partial charge in [0.15, 0.2) is 10.9 Å². The molecule has 0 N–H and O–H groups in total. The summed E-state index contributed by atoms with van der Waals surface area (Å²) in [6.45, 7) is 8.56. The Labute approximate surface area is 179 Å². The van der Waals surface area contributed by atoms with Crippen molar-refractivity contribution < 1.29 is 9.53 Å². The van der Waals surface area contributed by atoms with Gasteiger partial charge >= 0.3 is 0 Å². The summed E-state index contributed by atoms with van der Waals surface area (Å²) in [4.78, 5) is 32.8. The number of rotatable bonds is 8. The van der Waals surface area contributed by atoms with Gasteiger partial charge in [-0.15, -0.1) is 11.3 Å². The summed E-state index contributed by atoms with van der Waals surface area (Å²) in [7, 11) is 1.60. The predicted octanol–water partition coefficient (Wildman–Crippen LogP) is 5.25. The Morgan fingerprint density at radius 2 is 1.97 bits per heavy atom. The average molecular weight is 431 g/mol. The van der Waals surface area contributed by atoms with E-state index >= 15 is 0 Å². The predicted molar refractivity (Wildman–Crippen MR) is 121 cm³/mol. The quantitative estimate of drug-likeness (QED) is 0.278. The lowest BCUT2D eigenvalue weighted by molar-refractivity contribution is 0.0994. The zero-order valence-corrected chi connectivity index (χ0v) is 19.1. The number of thioether (sulfide) groups is 1. The van der Waals surface area contributed by atoms with Gasteiger partial charge in [0.05, 0.1) is 17.7 Å². The number of fused-ring (bicyclic) bond motifs is 1. The Balaban J connectivity index is 1.96. The second kappa shape index (κ2) is 9.13. The number of ether oxygens (including phenoxy) is 1. The van der Waals surface area contributed by atoms with Crippen LogP contribution in [0.25, 0.3) is 10.2 Å². The smallest absolute Gasteiger partial charge is 0.263 e. The molecule has 0 aliphatic carbocycles. The van der Waals surface area contributed by atoms with Crippen LogP contribution in [0.4, 0.5) is 0 Å². The first kappa shape index (κ1) is 21.6. The van der Waals surface area contributed by atoms with Crippen LogP contribution >= 0.6 is 23.1 Å². The molecule has 0 radical (unpaired) electrons. The molecule has 1 atom stereocenters. The Morgan fingerprint density at radius 1 is 1.28 bits per heavy atom. The van der Waals surface area contributed by atoms with Gasteiger partial charge in [0.1, 0.15) is 10.6 Å². The van der Waals surface area contributed by atoms with E-state index in [9.17, 15) is 9.59 Å². The summed E-state index contributed by atoms with van der Waals surface area (Å²) in [5, 5.41) is 0.969. The van der Waals surface area contributed by atoms with Crippen molar-refractivity contribution in [3.8, 4) is 5.75 Å². The number of carbonyl (C=O) groups excluding carboxylic acids is 1. The van der Waals surface area contributed by atoms with Crippen molar-refractivity contribution in [3.05, 3.63) is 50.6 Å². The van der Waals surface area contributed by atoms with Crippen LogP contribution in [0, 0.1) is 13.8 Å². The van der Waals surface area contributed by atoms with E-state index in [0.717, 1.165) is 28.1 Å². The molecular formula is C22H26N2O3S2. The number of carbonyl (C=O) groups is 1. The Morgan fingerprint density at radius 3 is 2.59 bits per heavy atom. The highest BCUT2D eigenvalue weighted by Gasteiger charge is 2.22. The summed E-state index contributed by atoms with van der Waals surface area (Å²) >= 11 is 2.89. The zero-order valence-electron chi connectivity index (χ0n) is 17.4. The number of methoxy groups -OCH3 is 1. The molecule has 2 heterocycles. The molecule has 5 nitrogen and oxygen atoms in total. The molecule has 0 amide bonds. The number of Topliss-reactive ketones (excluding diaryl/α,β-unsaturated/α-hetero) is 1. The first-order valence-electron chi connectivity index (χ1n) is 9.72. The first-order chi connectivity index (χ1) is 13.9. The molecular weight excluding hydrogens is 404 g/mol. The summed E-state index contributed by atoms with van der Waals surface area (Å²) in [6, 6.07) is 7.10. The highest BCUT2D eigenvalue weighted by molar-refractivity contribution is 8.00. The number of unbranched alkanes of at least 4 members (excludes halogenated alkanes) is 1. The van der Waals surface area contributed by atoms with E-state index in [0.29, 0.717) is 28.4 Å². The van der Waals surface area contributed by atoms with Crippen LogP contribution in [0.1, 0.15) is 47.5 Å². The topological polar surface area (TPSA) is 61.2 Å². The molecule has 2 aromatic heterocycles. The van der Waals surface area contributed by atoms with Crippen LogP contribution in [0.3, 0.4) is 0 Å². The van der Waals surface area contributed by atoms with Crippen LogP contribution in [0.2, 0.25) is 0 Å². The van der Waals surface area contributed by atoms with E-state index < -0.39 is 0 Å². The minimum atomic E-state index is -0.359. The number of hydrogen-bond donors (Lipinski definition) is 0. The molecule has 0 saturated heterocycles.